The lowest BCUT2D eigenvalue weighted by atomic mass is 10.4. The van der Waals surface area contributed by atoms with E-state index in [2.05, 4.69) is 6.92 Å². The molecule has 0 unspecified atom stereocenters. The average Bonchev–Trinajstić information content (AvgIpc) is 1.87. The molecule has 0 saturated heterocycles. The first-order chi connectivity index (χ1) is 4.77. The normalized spacial score (nSPS) is 11.2. The van der Waals surface area contributed by atoms with Gasteiger partial charge in [-0.1, -0.05) is 35.8 Å². The van der Waals surface area contributed by atoms with Crippen molar-refractivity contribution in [2.45, 2.75) is 19.8 Å². The van der Waals surface area contributed by atoms with Crippen LogP contribution in [0.2, 0.25) is 0 Å². The SMILES string of the molecule is CCCCO/C=C/P(Cl)Cl. The van der Waals surface area contributed by atoms with Gasteiger partial charge in [-0.3, -0.25) is 0 Å². The third-order valence-electron chi connectivity index (χ3n) is 0.886. The van der Waals surface area contributed by atoms with Gasteiger partial charge in [0.2, 0.25) is 0 Å². The third kappa shape index (κ3) is 8.55. The Hall–Kier alpha value is 0.550. The molecule has 4 heteroatoms. The topological polar surface area (TPSA) is 9.23 Å². The minimum atomic E-state index is -0.982. The van der Waals surface area contributed by atoms with Crippen LogP contribution in [0, 0.1) is 0 Å². The fourth-order valence-corrected chi connectivity index (χ4v) is 0.839. The number of hydrogen-bond donors (Lipinski definition) is 0. The highest BCUT2D eigenvalue weighted by Crippen LogP contribution is 2.47. The zero-order chi connectivity index (χ0) is 7.82. The smallest absolute Gasteiger partial charge is 0.112 e. The quantitative estimate of drug-likeness (QED) is 0.370. The standard InChI is InChI=1S/C6H11Cl2OP/c1-2-3-4-9-5-6-10(7)8/h5-6H,2-4H2,1H3/b6-5+. The van der Waals surface area contributed by atoms with Crippen LogP contribution in [0.25, 0.3) is 0 Å². The Kier molecular flexibility index (Phi) is 8.08. The Bertz CT molecular complexity index is 95.7. The Morgan fingerprint density at radius 3 is 2.70 bits per heavy atom. The molecule has 60 valence electrons. The summed E-state index contributed by atoms with van der Waals surface area (Å²) in [5.41, 5.74) is 0. The van der Waals surface area contributed by atoms with Gasteiger partial charge < -0.3 is 4.74 Å². The number of hydrogen-bond acceptors (Lipinski definition) is 1. The molecule has 0 aromatic carbocycles. The lowest BCUT2D eigenvalue weighted by Gasteiger charge is -1.96. The highest BCUT2D eigenvalue weighted by atomic mass is 35.9. The molecule has 0 amide bonds. The summed E-state index contributed by atoms with van der Waals surface area (Å²) in [6.07, 6.45) is 3.79. The largest absolute Gasteiger partial charge is 0.501 e. The second-order valence-electron chi connectivity index (χ2n) is 1.77. The van der Waals surface area contributed by atoms with E-state index >= 15 is 0 Å². The fourth-order valence-electron chi connectivity index (χ4n) is 0.385. The highest BCUT2D eigenvalue weighted by molar-refractivity contribution is 8.06. The summed E-state index contributed by atoms with van der Waals surface area (Å²) in [6.45, 7) is 1.89. The van der Waals surface area contributed by atoms with Gasteiger partial charge in [-0.25, -0.2) is 0 Å². The van der Waals surface area contributed by atoms with Crippen molar-refractivity contribution < 1.29 is 4.74 Å². The lowest BCUT2D eigenvalue weighted by Crippen LogP contribution is -1.83. The molecule has 1 nitrogen and oxygen atoms in total. The van der Waals surface area contributed by atoms with Gasteiger partial charge in [0, 0.05) is 5.82 Å². The number of rotatable bonds is 5. The van der Waals surface area contributed by atoms with Crippen molar-refractivity contribution in [1.82, 2.24) is 0 Å². The van der Waals surface area contributed by atoms with Crippen LogP contribution in [0.3, 0.4) is 0 Å². The van der Waals surface area contributed by atoms with E-state index in [0.717, 1.165) is 19.4 Å². The van der Waals surface area contributed by atoms with Gasteiger partial charge in [-0.15, -0.1) is 0 Å². The van der Waals surface area contributed by atoms with E-state index in [9.17, 15) is 0 Å². The lowest BCUT2D eigenvalue weighted by molar-refractivity contribution is 0.244. The molecule has 0 N–H and O–H groups in total. The van der Waals surface area contributed by atoms with Crippen molar-refractivity contribution in [2.24, 2.45) is 0 Å². The monoisotopic (exact) mass is 200 g/mol. The average molecular weight is 201 g/mol. The number of ether oxygens (including phenoxy) is 1. The Morgan fingerprint density at radius 2 is 2.20 bits per heavy atom. The summed E-state index contributed by atoms with van der Waals surface area (Å²) in [5.74, 6) is 1.66. The van der Waals surface area contributed by atoms with E-state index in [1.54, 1.807) is 12.1 Å². The molecule has 0 spiro atoms. The maximum Gasteiger partial charge on any atom is 0.112 e. The summed E-state index contributed by atoms with van der Waals surface area (Å²) in [4.78, 5) is 0. The molecular formula is C6H11Cl2OP. The van der Waals surface area contributed by atoms with Gasteiger partial charge in [-0.2, -0.15) is 0 Å². The number of unbranched alkanes of at least 4 members (excludes halogenated alkanes) is 1. The highest BCUT2D eigenvalue weighted by Gasteiger charge is 1.88. The molecule has 0 aliphatic carbocycles. The van der Waals surface area contributed by atoms with Gasteiger partial charge >= 0.3 is 0 Å². The Labute approximate surface area is 72.7 Å². The molecule has 0 heterocycles. The van der Waals surface area contributed by atoms with Gasteiger partial charge in [0.25, 0.3) is 0 Å². The molecule has 0 aliphatic rings. The maximum absolute atomic E-state index is 5.45. The summed E-state index contributed by atoms with van der Waals surface area (Å²) >= 11 is 10.9. The zero-order valence-electron chi connectivity index (χ0n) is 5.89. The van der Waals surface area contributed by atoms with Crippen molar-refractivity contribution in [2.75, 3.05) is 6.61 Å². The first kappa shape index (κ1) is 10.6. The van der Waals surface area contributed by atoms with Gasteiger partial charge in [0.15, 0.2) is 0 Å². The molecule has 0 aliphatic heterocycles. The molecule has 0 rings (SSSR count). The Morgan fingerprint density at radius 1 is 1.50 bits per heavy atom. The second kappa shape index (κ2) is 7.65. The minimum Gasteiger partial charge on any atom is -0.501 e. The van der Waals surface area contributed by atoms with Crippen LogP contribution >= 0.6 is 29.1 Å². The van der Waals surface area contributed by atoms with Crippen molar-refractivity contribution in [1.29, 1.82) is 0 Å². The molecular weight excluding hydrogens is 190 g/mol. The van der Waals surface area contributed by atoms with E-state index < -0.39 is 6.63 Å². The number of halogens is 2. The summed E-state index contributed by atoms with van der Waals surface area (Å²) in [7, 11) is 0. The summed E-state index contributed by atoms with van der Waals surface area (Å²) < 4.78 is 5.05. The van der Waals surface area contributed by atoms with Crippen LogP contribution < -0.4 is 0 Å². The molecule has 10 heavy (non-hydrogen) atoms. The third-order valence-corrected chi connectivity index (χ3v) is 1.91. The molecule has 0 radical (unpaired) electrons. The van der Waals surface area contributed by atoms with Crippen molar-refractivity contribution >= 4 is 29.1 Å². The molecule has 0 bridgehead atoms. The predicted octanol–water partition coefficient (Wildman–Crippen LogP) is 4.06. The van der Waals surface area contributed by atoms with Crippen LogP contribution in [-0.4, -0.2) is 6.61 Å². The van der Waals surface area contributed by atoms with Crippen LogP contribution in [0.4, 0.5) is 0 Å². The minimum absolute atomic E-state index is 0.754. The van der Waals surface area contributed by atoms with Crippen LogP contribution in [-0.2, 0) is 4.74 Å². The van der Waals surface area contributed by atoms with Crippen LogP contribution in [0.5, 0.6) is 0 Å². The van der Waals surface area contributed by atoms with Gasteiger partial charge in [0.05, 0.1) is 12.9 Å². The molecule has 0 atom stereocenters. The predicted molar refractivity (Wildman–Crippen MR) is 48.6 cm³/mol. The van der Waals surface area contributed by atoms with Crippen molar-refractivity contribution in [3.8, 4) is 0 Å². The zero-order valence-corrected chi connectivity index (χ0v) is 8.29. The molecule has 0 aromatic rings. The van der Waals surface area contributed by atoms with Gasteiger partial charge in [-0.05, 0) is 6.42 Å². The van der Waals surface area contributed by atoms with E-state index in [4.69, 9.17) is 27.2 Å². The fraction of sp³-hybridized carbons (Fsp3) is 0.667. The van der Waals surface area contributed by atoms with Crippen molar-refractivity contribution in [3.63, 3.8) is 0 Å². The van der Waals surface area contributed by atoms with E-state index in [0.29, 0.717) is 0 Å². The molecule has 0 aromatic heterocycles. The molecule has 0 saturated carbocycles. The second-order valence-corrected chi connectivity index (χ2v) is 5.29. The van der Waals surface area contributed by atoms with E-state index in [1.807, 2.05) is 0 Å². The van der Waals surface area contributed by atoms with Crippen LogP contribution in [0.1, 0.15) is 19.8 Å². The van der Waals surface area contributed by atoms with E-state index in [-0.39, 0.29) is 0 Å². The summed E-state index contributed by atoms with van der Waals surface area (Å²) in [5, 5.41) is 0. The first-order valence-corrected chi connectivity index (χ1v) is 6.38. The first-order valence-electron chi connectivity index (χ1n) is 3.16. The molecule has 0 fully saturated rings. The van der Waals surface area contributed by atoms with Crippen molar-refractivity contribution in [3.05, 3.63) is 12.1 Å². The maximum atomic E-state index is 5.45. The Balaban J connectivity index is 3.02. The van der Waals surface area contributed by atoms with Crippen LogP contribution in [0.15, 0.2) is 12.1 Å². The summed E-state index contributed by atoms with van der Waals surface area (Å²) in [6, 6.07) is 0. The van der Waals surface area contributed by atoms with Gasteiger partial charge in [0.1, 0.15) is 6.63 Å². The van der Waals surface area contributed by atoms with E-state index in [1.165, 1.54) is 0 Å².